The molecule has 1 aromatic rings. The van der Waals surface area contributed by atoms with Gasteiger partial charge in [0, 0.05) is 6.54 Å². The molecule has 6 heteroatoms. The van der Waals surface area contributed by atoms with Crippen molar-refractivity contribution < 1.29 is 23.8 Å². The van der Waals surface area contributed by atoms with Gasteiger partial charge in [0.2, 0.25) is 0 Å². The van der Waals surface area contributed by atoms with Gasteiger partial charge in [-0.1, -0.05) is 6.92 Å². The zero-order valence-corrected chi connectivity index (χ0v) is 10.7. The largest absolute Gasteiger partial charge is 0.481 e. The van der Waals surface area contributed by atoms with Crippen molar-refractivity contribution in [3.05, 3.63) is 24.2 Å². The Hall–Kier alpha value is -1.82. The van der Waals surface area contributed by atoms with Gasteiger partial charge in [-0.2, -0.15) is 0 Å². The number of aliphatic carboxylic acids is 1. The normalized spacial score (nSPS) is 22.4. The van der Waals surface area contributed by atoms with Gasteiger partial charge in [-0.25, -0.2) is 0 Å². The minimum atomic E-state index is -0.927. The lowest BCUT2D eigenvalue weighted by molar-refractivity contribution is -0.142. The molecule has 6 nitrogen and oxygen atoms in total. The molecule has 2 rings (SSSR count). The highest BCUT2D eigenvalue weighted by Crippen LogP contribution is 2.22. The fraction of sp³-hybridized carbons (Fsp3) is 0.538. The van der Waals surface area contributed by atoms with E-state index in [4.69, 9.17) is 9.15 Å². The standard InChI is InChI=1S/C13H17NO5/c1-2-4-14(12(15)9-3-5-18-6-9)11-8-19-7-10(11)13(16)17/h3,5-6,10-11H,2,4,7-8H2,1H3,(H,16,17). The van der Waals surface area contributed by atoms with E-state index < -0.39 is 17.9 Å². The van der Waals surface area contributed by atoms with Gasteiger partial charge in [0.15, 0.2) is 0 Å². The lowest BCUT2D eigenvalue weighted by atomic mass is 10.0. The molecule has 0 bridgehead atoms. The van der Waals surface area contributed by atoms with Crippen LogP contribution in [0.2, 0.25) is 0 Å². The summed E-state index contributed by atoms with van der Waals surface area (Å²) in [5, 5.41) is 9.18. The van der Waals surface area contributed by atoms with Gasteiger partial charge in [-0.3, -0.25) is 9.59 Å². The fourth-order valence-electron chi connectivity index (χ4n) is 2.30. The molecule has 1 aliphatic rings. The van der Waals surface area contributed by atoms with Crippen molar-refractivity contribution in [2.75, 3.05) is 19.8 Å². The van der Waals surface area contributed by atoms with Crippen LogP contribution in [0.15, 0.2) is 23.0 Å². The molecular weight excluding hydrogens is 250 g/mol. The molecule has 19 heavy (non-hydrogen) atoms. The topological polar surface area (TPSA) is 80.0 Å². The zero-order valence-electron chi connectivity index (χ0n) is 10.7. The minimum Gasteiger partial charge on any atom is -0.481 e. The number of hydrogen-bond donors (Lipinski definition) is 1. The number of carboxylic acid groups (broad SMARTS) is 1. The number of carboxylic acids is 1. The maximum atomic E-state index is 12.4. The summed E-state index contributed by atoms with van der Waals surface area (Å²) in [6.07, 6.45) is 3.56. The predicted molar refractivity (Wildman–Crippen MR) is 65.8 cm³/mol. The molecule has 1 fully saturated rings. The molecule has 104 valence electrons. The molecule has 1 N–H and O–H groups in total. The number of furan rings is 1. The second-order valence-corrected chi connectivity index (χ2v) is 4.56. The highest BCUT2D eigenvalue weighted by atomic mass is 16.5. The SMILES string of the molecule is CCCN(C(=O)c1ccoc1)C1COCC1C(=O)O. The third-order valence-corrected chi connectivity index (χ3v) is 3.26. The van der Waals surface area contributed by atoms with Gasteiger partial charge in [0.1, 0.15) is 12.2 Å². The first-order valence-corrected chi connectivity index (χ1v) is 6.28. The van der Waals surface area contributed by atoms with Gasteiger partial charge in [-0.15, -0.1) is 0 Å². The highest BCUT2D eigenvalue weighted by Gasteiger charge is 2.40. The van der Waals surface area contributed by atoms with Crippen LogP contribution in [0.4, 0.5) is 0 Å². The average molecular weight is 267 g/mol. The summed E-state index contributed by atoms with van der Waals surface area (Å²) in [6.45, 7) is 2.86. The van der Waals surface area contributed by atoms with E-state index in [2.05, 4.69) is 0 Å². The maximum Gasteiger partial charge on any atom is 0.311 e. The van der Waals surface area contributed by atoms with E-state index in [0.29, 0.717) is 12.1 Å². The van der Waals surface area contributed by atoms with E-state index in [-0.39, 0.29) is 19.1 Å². The maximum absolute atomic E-state index is 12.4. The lowest BCUT2D eigenvalue weighted by Crippen LogP contribution is -2.46. The van der Waals surface area contributed by atoms with Crippen molar-refractivity contribution in [3.8, 4) is 0 Å². The summed E-state index contributed by atoms with van der Waals surface area (Å²) in [5.74, 6) is -1.80. The van der Waals surface area contributed by atoms with Crippen LogP contribution >= 0.6 is 0 Å². The Morgan fingerprint density at radius 1 is 1.47 bits per heavy atom. The monoisotopic (exact) mass is 267 g/mol. The molecule has 1 saturated heterocycles. The van der Waals surface area contributed by atoms with E-state index in [9.17, 15) is 14.7 Å². The van der Waals surface area contributed by atoms with Gasteiger partial charge in [0.05, 0.1) is 31.1 Å². The van der Waals surface area contributed by atoms with E-state index in [0.717, 1.165) is 6.42 Å². The Kier molecular flexibility index (Phi) is 4.21. The highest BCUT2D eigenvalue weighted by molar-refractivity contribution is 5.94. The number of rotatable bonds is 5. The third kappa shape index (κ3) is 2.78. The van der Waals surface area contributed by atoms with E-state index in [1.54, 1.807) is 11.0 Å². The summed E-state index contributed by atoms with van der Waals surface area (Å²) in [4.78, 5) is 25.1. The first-order chi connectivity index (χ1) is 9.15. The molecule has 1 aromatic heterocycles. The Balaban J connectivity index is 2.20. The molecular formula is C13H17NO5. The van der Waals surface area contributed by atoms with Crippen molar-refractivity contribution in [1.82, 2.24) is 4.90 Å². The van der Waals surface area contributed by atoms with Crippen molar-refractivity contribution in [1.29, 1.82) is 0 Å². The average Bonchev–Trinajstić information content (AvgIpc) is 3.05. The molecule has 1 amide bonds. The van der Waals surface area contributed by atoms with Crippen molar-refractivity contribution in [2.24, 2.45) is 5.92 Å². The molecule has 0 saturated carbocycles. The number of nitrogens with zero attached hydrogens (tertiary/aromatic N) is 1. The van der Waals surface area contributed by atoms with E-state index in [1.807, 2.05) is 6.92 Å². The smallest absolute Gasteiger partial charge is 0.311 e. The Labute approximate surface area is 110 Å². The quantitative estimate of drug-likeness (QED) is 0.868. The number of hydrogen-bond acceptors (Lipinski definition) is 4. The molecule has 1 aliphatic heterocycles. The van der Waals surface area contributed by atoms with Crippen LogP contribution in [-0.4, -0.2) is 47.7 Å². The van der Waals surface area contributed by atoms with Crippen LogP contribution in [0, 0.1) is 5.92 Å². The van der Waals surface area contributed by atoms with Crippen LogP contribution in [0.25, 0.3) is 0 Å². The van der Waals surface area contributed by atoms with Crippen molar-refractivity contribution >= 4 is 11.9 Å². The zero-order chi connectivity index (χ0) is 13.8. The number of carbonyl (C=O) groups is 2. The van der Waals surface area contributed by atoms with E-state index in [1.165, 1.54) is 12.5 Å². The van der Waals surface area contributed by atoms with Crippen LogP contribution in [0.5, 0.6) is 0 Å². The summed E-state index contributed by atoms with van der Waals surface area (Å²) in [7, 11) is 0. The summed E-state index contributed by atoms with van der Waals surface area (Å²) >= 11 is 0. The second-order valence-electron chi connectivity index (χ2n) is 4.56. The Morgan fingerprint density at radius 3 is 2.84 bits per heavy atom. The summed E-state index contributed by atoms with van der Waals surface area (Å²) in [5.41, 5.74) is 0.435. The minimum absolute atomic E-state index is 0.152. The van der Waals surface area contributed by atoms with Gasteiger partial charge in [0.25, 0.3) is 5.91 Å². The Morgan fingerprint density at radius 2 is 2.26 bits per heavy atom. The number of ether oxygens (including phenoxy) is 1. The first kappa shape index (κ1) is 13.6. The third-order valence-electron chi connectivity index (χ3n) is 3.26. The molecule has 2 heterocycles. The van der Waals surface area contributed by atoms with Crippen molar-refractivity contribution in [3.63, 3.8) is 0 Å². The first-order valence-electron chi connectivity index (χ1n) is 6.28. The molecule has 0 aliphatic carbocycles. The van der Waals surface area contributed by atoms with Crippen LogP contribution < -0.4 is 0 Å². The van der Waals surface area contributed by atoms with Crippen LogP contribution in [0.3, 0.4) is 0 Å². The molecule has 0 aromatic carbocycles. The summed E-state index contributed by atoms with van der Waals surface area (Å²) in [6, 6.07) is 1.16. The molecule has 0 spiro atoms. The predicted octanol–water partition coefficient (Wildman–Crippen LogP) is 1.23. The molecule has 2 atom stereocenters. The van der Waals surface area contributed by atoms with E-state index >= 15 is 0 Å². The van der Waals surface area contributed by atoms with Crippen molar-refractivity contribution in [2.45, 2.75) is 19.4 Å². The van der Waals surface area contributed by atoms with Crippen LogP contribution in [0.1, 0.15) is 23.7 Å². The van der Waals surface area contributed by atoms with Gasteiger partial charge < -0.3 is 19.2 Å². The lowest BCUT2D eigenvalue weighted by Gasteiger charge is -2.29. The van der Waals surface area contributed by atoms with Crippen LogP contribution in [-0.2, 0) is 9.53 Å². The van der Waals surface area contributed by atoms with Gasteiger partial charge in [-0.05, 0) is 12.5 Å². The summed E-state index contributed by atoms with van der Waals surface area (Å²) < 4.78 is 10.1. The second kappa shape index (κ2) is 5.88. The fourth-order valence-corrected chi connectivity index (χ4v) is 2.30. The molecule has 0 radical (unpaired) electrons. The van der Waals surface area contributed by atoms with Gasteiger partial charge >= 0.3 is 5.97 Å². The number of amides is 1. The molecule has 2 unspecified atom stereocenters. The Bertz CT molecular complexity index is 442. The number of carbonyl (C=O) groups excluding carboxylic acids is 1.